The minimum Gasteiger partial charge on any atom is -0.463 e. The Hall–Kier alpha value is -1.51. The van der Waals surface area contributed by atoms with Gasteiger partial charge < -0.3 is 9.64 Å². The van der Waals surface area contributed by atoms with Gasteiger partial charge in [0.2, 0.25) is 0 Å². The second kappa shape index (κ2) is 2.85. The van der Waals surface area contributed by atoms with E-state index in [0.717, 1.165) is 17.9 Å². The molecule has 0 amide bonds. The predicted octanol–water partition coefficient (Wildman–Crippen LogP) is 1.38. The molecule has 0 fully saturated rings. The summed E-state index contributed by atoms with van der Waals surface area (Å²) in [6, 6.07) is 1.87. The maximum absolute atomic E-state index is 5.36. The third-order valence-electron chi connectivity index (χ3n) is 1.79. The number of hydrogen-bond donors (Lipinski definition) is 0. The molecular formula is C9H10N2O. The average molecular weight is 162 g/mol. The number of aromatic nitrogens is 1. The van der Waals surface area contributed by atoms with Crippen molar-refractivity contribution < 1.29 is 4.74 Å². The number of rotatable bonds is 0. The minimum atomic E-state index is 0.847. The molecule has 0 spiro atoms. The fraction of sp³-hybridized carbons (Fsp3) is 0.222. The van der Waals surface area contributed by atoms with E-state index in [2.05, 4.69) is 4.98 Å². The lowest BCUT2D eigenvalue weighted by Gasteiger charge is -2.10. The molecule has 1 aliphatic heterocycles. The van der Waals surface area contributed by atoms with Gasteiger partial charge in [-0.05, 0) is 6.07 Å². The second-order valence-electron chi connectivity index (χ2n) is 2.80. The first-order valence-corrected chi connectivity index (χ1v) is 3.83. The Kier molecular flexibility index (Phi) is 1.70. The van der Waals surface area contributed by atoms with Crippen LogP contribution >= 0.6 is 0 Å². The normalized spacial score (nSPS) is 14.9. The van der Waals surface area contributed by atoms with E-state index >= 15 is 0 Å². The summed E-state index contributed by atoms with van der Waals surface area (Å²) in [5.41, 5.74) is 1.12. The van der Waals surface area contributed by atoms with Crippen LogP contribution in [0.5, 0.6) is 5.75 Å². The van der Waals surface area contributed by atoms with Gasteiger partial charge in [0, 0.05) is 37.7 Å². The molecule has 2 rings (SSSR count). The Labute approximate surface area is 71.3 Å². The van der Waals surface area contributed by atoms with E-state index in [1.165, 1.54) is 0 Å². The molecular weight excluding hydrogens is 152 g/mol. The van der Waals surface area contributed by atoms with E-state index < -0.39 is 0 Å². The van der Waals surface area contributed by atoms with E-state index in [9.17, 15) is 0 Å². The van der Waals surface area contributed by atoms with Crippen LogP contribution in [-0.2, 0) is 6.54 Å². The van der Waals surface area contributed by atoms with Crippen LogP contribution in [0.3, 0.4) is 0 Å². The van der Waals surface area contributed by atoms with Crippen molar-refractivity contribution in [3.05, 3.63) is 36.5 Å². The van der Waals surface area contributed by atoms with E-state index in [1.807, 2.05) is 30.4 Å². The fourth-order valence-corrected chi connectivity index (χ4v) is 1.18. The quantitative estimate of drug-likeness (QED) is 0.576. The van der Waals surface area contributed by atoms with Crippen molar-refractivity contribution >= 4 is 0 Å². The maximum Gasteiger partial charge on any atom is 0.134 e. The van der Waals surface area contributed by atoms with Crippen LogP contribution in [0.25, 0.3) is 0 Å². The summed E-state index contributed by atoms with van der Waals surface area (Å²) < 4.78 is 5.36. The van der Waals surface area contributed by atoms with Crippen molar-refractivity contribution in [1.82, 2.24) is 9.88 Å². The molecule has 2 heterocycles. The highest BCUT2D eigenvalue weighted by Crippen LogP contribution is 2.20. The molecule has 3 nitrogen and oxygen atoms in total. The molecule has 0 bridgehead atoms. The first-order chi connectivity index (χ1) is 5.86. The molecule has 0 aromatic carbocycles. The summed E-state index contributed by atoms with van der Waals surface area (Å²) in [6.45, 7) is 0.847. The number of nitrogens with zero attached hydrogens (tertiary/aromatic N) is 2. The zero-order valence-corrected chi connectivity index (χ0v) is 6.90. The number of fused-ring (bicyclic) bond motifs is 1. The maximum atomic E-state index is 5.36. The number of ether oxygens (including phenoxy) is 1. The number of pyridine rings is 1. The van der Waals surface area contributed by atoms with E-state index in [0.29, 0.717) is 0 Å². The monoisotopic (exact) mass is 162 g/mol. The van der Waals surface area contributed by atoms with Crippen LogP contribution in [0.1, 0.15) is 5.56 Å². The molecule has 3 heteroatoms. The van der Waals surface area contributed by atoms with Crippen molar-refractivity contribution in [2.24, 2.45) is 0 Å². The van der Waals surface area contributed by atoms with Gasteiger partial charge in [-0.25, -0.2) is 0 Å². The highest BCUT2D eigenvalue weighted by Gasteiger charge is 2.06. The Balaban J connectivity index is 2.38. The molecule has 0 aliphatic carbocycles. The highest BCUT2D eigenvalue weighted by molar-refractivity contribution is 5.31. The lowest BCUT2D eigenvalue weighted by molar-refractivity contribution is 0.448. The third-order valence-corrected chi connectivity index (χ3v) is 1.79. The van der Waals surface area contributed by atoms with Crippen molar-refractivity contribution in [2.45, 2.75) is 6.54 Å². The van der Waals surface area contributed by atoms with Crippen LogP contribution in [0.4, 0.5) is 0 Å². The summed E-state index contributed by atoms with van der Waals surface area (Å²) in [5.74, 6) is 0.894. The van der Waals surface area contributed by atoms with Gasteiger partial charge in [0.15, 0.2) is 0 Å². The number of hydrogen-bond acceptors (Lipinski definition) is 3. The Morgan fingerprint density at radius 3 is 3.42 bits per heavy atom. The van der Waals surface area contributed by atoms with Crippen molar-refractivity contribution in [3.63, 3.8) is 0 Å². The minimum absolute atomic E-state index is 0.847. The Morgan fingerprint density at radius 2 is 2.50 bits per heavy atom. The van der Waals surface area contributed by atoms with Gasteiger partial charge in [-0.1, -0.05) is 0 Å². The fourth-order valence-electron chi connectivity index (χ4n) is 1.18. The summed E-state index contributed by atoms with van der Waals surface area (Å²) in [7, 11) is 2.00. The average Bonchev–Trinajstić information content (AvgIpc) is 2.25. The summed E-state index contributed by atoms with van der Waals surface area (Å²) in [6.07, 6.45) is 7.16. The van der Waals surface area contributed by atoms with Crippen molar-refractivity contribution in [2.75, 3.05) is 7.05 Å². The SMILES string of the molecule is CN1C=COc2ccncc2C1. The van der Waals surface area contributed by atoms with Gasteiger partial charge in [-0.15, -0.1) is 0 Å². The van der Waals surface area contributed by atoms with E-state index in [-0.39, 0.29) is 0 Å². The van der Waals surface area contributed by atoms with Gasteiger partial charge in [0.05, 0.1) is 0 Å². The van der Waals surface area contributed by atoms with Crippen molar-refractivity contribution in [3.8, 4) is 5.75 Å². The predicted molar refractivity (Wildman–Crippen MR) is 45.5 cm³/mol. The topological polar surface area (TPSA) is 25.4 Å². The van der Waals surface area contributed by atoms with Crippen LogP contribution in [-0.4, -0.2) is 16.9 Å². The molecule has 62 valence electrons. The van der Waals surface area contributed by atoms with Crippen LogP contribution in [0, 0.1) is 0 Å². The standard InChI is InChI=1S/C9H10N2O/c1-11-4-5-12-9-2-3-10-6-8(9)7-11/h2-6H,7H2,1H3. The second-order valence-corrected chi connectivity index (χ2v) is 2.80. The lowest BCUT2D eigenvalue weighted by atomic mass is 10.2. The lowest BCUT2D eigenvalue weighted by Crippen LogP contribution is -2.08. The third kappa shape index (κ3) is 1.25. The van der Waals surface area contributed by atoms with E-state index in [1.54, 1.807) is 12.5 Å². The van der Waals surface area contributed by atoms with Gasteiger partial charge in [-0.3, -0.25) is 4.98 Å². The molecule has 0 N–H and O–H groups in total. The van der Waals surface area contributed by atoms with Crippen LogP contribution in [0.15, 0.2) is 30.9 Å². The molecule has 1 aliphatic rings. The summed E-state index contributed by atoms with van der Waals surface area (Å²) >= 11 is 0. The highest BCUT2D eigenvalue weighted by atomic mass is 16.5. The largest absolute Gasteiger partial charge is 0.463 e. The first-order valence-electron chi connectivity index (χ1n) is 3.83. The van der Waals surface area contributed by atoms with Gasteiger partial charge in [0.25, 0.3) is 0 Å². The van der Waals surface area contributed by atoms with Gasteiger partial charge in [-0.2, -0.15) is 0 Å². The first kappa shape index (κ1) is 7.16. The van der Waals surface area contributed by atoms with Crippen LogP contribution in [0.2, 0.25) is 0 Å². The zero-order chi connectivity index (χ0) is 8.39. The van der Waals surface area contributed by atoms with E-state index in [4.69, 9.17) is 4.74 Å². The molecule has 0 saturated heterocycles. The molecule has 0 unspecified atom stereocenters. The Bertz CT molecular complexity index is 309. The molecule has 1 aromatic rings. The molecule has 0 radical (unpaired) electrons. The Morgan fingerprint density at radius 1 is 1.58 bits per heavy atom. The molecule has 0 saturated carbocycles. The summed E-state index contributed by atoms with van der Waals surface area (Å²) in [5, 5.41) is 0. The van der Waals surface area contributed by atoms with Crippen LogP contribution < -0.4 is 4.74 Å². The summed E-state index contributed by atoms with van der Waals surface area (Å²) in [4.78, 5) is 6.09. The molecule has 0 atom stereocenters. The van der Waals surface area contributed by atoms with Gasteiger partial charge >= 0.3 is 0 Å². The molecule has 1 aromatic heterocycles. The smallest absolute Gasteiger partial charge is 0.134 e. The van der Waals surface area contributed by atoms with Gasteiger partial charge in [0.1, 0.15) is 12.0 Å². The van der Waals surface area contributed by atoms with Crippen molar-refractivity contribution in [1.29, 1.82) is 0 Å². The zero-order valence-electron chi connectivity index (χ0n) is 6.90. The molecule has 12 heavy (non-hydrogen) atoms.